The fourth-order valence-corrected chi connectivity index (χ4v) is 1.22. The van der Waals surface area contributed by atoms with Crippen molar-refractivity contribution in [3.8, 4) is 11.6 Å². The molecule has 2 aromatic rings. The average Bonchev–Trinajstić information content (AvgIpc) is 2.22. The van der Waals surface area contributed by atoms with Crippen LogP contribution in [0.5, 0.6) is 11.6 Å². The molecular formula is C10H8N2O3. The molecule has 5 heteroatoms. The van der Waals surface area contributed by atoms with Gasteiger partial charge in [-0.25, -0.2) is 4.98 Å². The molecule has 0 aliphatic heterocycles. The lowest BCUT2D eigenvalue weighted by molar-refractivity contribution is -0.132. The van der Waals surface area contributed by atoms with E-state index in [1.54, 1.807) is 18.3 Å². The highest BCUT2D eigenvalue weighted by atomic mass is 16.5. The van der Waals surface area contributed by atoms with Gasteiger partial charge in [0.15, 0.2) is 0 Å². The van der Waals surface area contributed by atoms with Crippen LogP contribution >= 0.6 is 0 Å². The molecule has 1 N–H and O–H groups in total. The quantitative estimate of drug-likeness (QED) is 0.708. The van der Waals surface area contributed by atoms with Crippen molar-refractivity contribution in [1.29, 1.82) is 0 Å². The second-order valence-electron chi connectivity index (χ2n) is 2.95. The molecule has 0 aliphatic carbocycles. The van der Waals surface area contributed by atoms with E-state index in [-0.39, 0.29) is 11.6 Å². The molecule has 0 unspecified atom stereocenters. The van der Waals surface area contributed by atoms with Crippen LogP contribution < -0.4 is 4.74 Å². The molecule has 76 valence electrons. The van der Waals surface area contributed by atoms with Crippen LogP contribution in [0.3, 0.4) is 0 Å². The first kappa shape index (κ1) is 9.39. The Morgan fingerprint density at radius 1 is 1.47 bits per heavy atom. The second kappa shape index (κ2) is 3.53. The van der Waals surface area contributed by atoms with Gasteiger partial charge in [0.05, 0.1) is 0 Å². The fourth-order valence-electron chi connectivity index (χ4n) is 1.22. The summed E-state index contributed by atoms with van der Waals surface area (Å²) in [5.74, 6) is -0.870. The summed E-state index contributed by atoms with van der Waals surface area (Å²) >= 11 is 0. The summed E-state index contributed by atoms with van der Waals surface area (Å²) in [6, 6.07) is 3.49. The van der Waals surface area contributed by atoms with Gasteiger partial charge in [0.25, 0.3) is 5.88 Å². The van der Waals surface area contributed by atoms with Crippen LogP contribution in [0.4, 0.5) is 0 Å². The molecule has 5 nitrogen and oxygen atoms in total. The third kappa shape index (κ3) is 1.71. The Kier molecular flexibility index (Phi) is 2.21. The zero-order valence-electron chi connectivity index (χ0n) is 7.97. The van der Waals surface area contributed by atoms with Gasteiger partial charge in [-0.1, -0.05) is 0 Å². The normalized spacial score (nSPS) is 10.2. The topological polar surface area (TPSA) is 72.3 Å². The lowest BCUT2D eigenvalue weighted by atomic mass is 10.2. The molecule has 0 saturated carbocycles. The molecule has 0 amide bonds. The van der Waals surface area contributed by atoms with Crippen LogP contribution in [0, 0.1) is 0 Å². The van der Waals surface area contributed by atoms with E-state index in [0.717, 1.165) is 0 Å². The van der Waals surface area contributed by atoms with Crippen LogP contribution in [0.2, 0.25) is 0 Å². The van der Waals surface area contributed by atoms with Crippen molar-refractivity contribution in [3.63, 3.8) is 0 Å². The summed E-state index contributed by atoms with van der Waals surface area (Å²) in [5, 5.41) is 10.4. The zero-order valence-corrected chi connectivity index (χ0v) is 7.97. The van der Waals surface area contributed by atoms with Gasteiger partial charge in [0.2, 0.25) is 5.75 Å². The zero-order chi connectivity index (χ0) is 10.8. The van der Waals surface area contributed by atoms with E-state index in [0.29, 0.717) is 10.9 Å². The molecule has 0 radical (unpaired) electrons. The maximum Gasteiger partial charge on any atom is 0.309 e. The van der Waals surface area contributed by atoms with Gasteiger partial charge in [0.1, 0.15) is 5.52 Å². The minimum absolute atomic E-state index is 0.117. The maximum atomic E-state index is 10.7. The first-order valence-electron chi connectivity index (χ1n) is 4.29. The minimum Gasteiger partial charge on any atom is -0.502 e. The standard InChI is InChI=1S/C10H8N2O3/c1-6(13)15-10-9(14)8-7(5-12-10)3-2-4-11-8/h2-5,14H,1H3. The summed E-state index contributed by atoms with van der Waals surface area (Å²) in [6.45, 7) is 1.24. The highest BCUT2D eigenvalue weighted by Crippen LogP contribution is 2.30. The molecule has 0 aliphatic rings. The van der Waals surface area contributed by atoms with Gasteiger partial charge in [-0.2, -0.15) is 0 Å². The monoisotopic (exact) mass is 204 g/mol. The van der Waals surface area contributed by atoms with Crippen molar-refractivity contribution in [2.75, 3.05) is 0 Å². The van der Waals surface area contributed by atoms with Crippen LogP contribution in [-0.2, 0) is 4.79 Å². The van der Waals surface area contributed by atoms with Crippen molar-refractivity contribution in [2.45, 2.75) is 6.92 Å². The summed E-state index contributed by atoms with van der Waals surface area (Å²) < 4.78 is 4.71. The number of carbonyl (C=O) groups is 1. The summed E-state index contributed by atoms with van der Waals surface area (Å²) in [4.78, 5) is 18.5. The summed E-state index contributed by atoms with van der Waals surface area (Å²) in [5.41, 5.74) is 0.365. The highest BCUT2D eigenvalue weighted by Gasteiger charge is 2.11. The van der Waals surface area contributed by atoms with E-state index in [4.69, 9.17) is 4.74 Å². The van der Waals surface area contributed by atoms with Gasteiger partial charge in [0, 0.05) is 24.7 Å². The molecule has 0 spiro atoms. The van der Waals surface area contributed by atoms with Gasteiger partial charge < -0.3 is 9.84 Å². The van der Waals surface area contributed by atoms with E-state index in [2.05, 4.69) is 9.97 Å². The Bertz CT molecular complexity index is 525. The number of carbonyl (C=O) groups excluding carboxylic acids is 1. The van der Waals surface area contributed by atoms with E-state index in [1.807, 2.05) is 0 Å². The number of aromatic hydroxyl groups is 1. The lowest BCUT2D eigenvalue weighted by Crippen LogP contribution is -2.03. The van der Waals surface area contributed by atoms with Crippen LogP contribution in [-0.4, -0.2) is 21.0 Å². The number of fused-ring (bicyclic) bond motifs is 1. The third-order valence-corrected chi connectivity index (χ3v) is 1.83. The largest absolute Gasteiger partial charge is 0.502 e. The predicted octanol–water partition coefficient (Wildman–Crippen LogP) is 1.26. The van der Waals surface area contributed by atoms with Gasteiger partial charge in [-0.05, 0) is 12.1 Å². The number of hydrogen-bond donors (Lipinski definition) is 1. The number of pyridine rings is 2. The number of ether oxygens (including phenoxy) is 1. The third-order valence-electron chi connectivity index (χ3n) is 1.83. The number of rotatable bonds is 1. The number of hydrogen-bond acceptors (Lipinski definition) is 5. The summed E-state index contributed by atoms with van der Waals surface area (Å²) in [7, 11) is 0. The molecule has 0 atom stereocenters. The van der Waals surface area contributed by atoms with Crippen molar-refractivity contribution >= 4 is 16.9 Å². The first-order valence-corrected chi connectivity index (χ1v) is 4.29. The Hall–Kier alpha value is -2.17. The molecule has 2 heterocycles. The smallest absolute Gasteiger partial charge is 0.309 e. The van der Waals surface area contributed by atoms with Crippen molar-refractivity contribution in [2.24, 2.45) is 0 Å². The lowest BCUT2D eigenvalue weighted by Gasteiger charge is -2.04. The molecule has 0 bridgehead atoms. The molecule has 0 fully saturated rings. The summed E-state index contributed by atoms with van der Waals surface area (Å²) in [6.07, 6.45) is 3.03. The highest BCUT2D eigenvalue weighted by molar-refractivity contribution is 5.85. The van der Waals surface area contributed by atoms with Crippen molar-refractivity contribution < 1.29 is 14.6 Å². The predicted molar refractivity (Wildman–Crippen MR) is 52.5 cm³/mol. The number of nitrogens with zero attached hydrogens (tertiary/aromatic N) is 2. The van der Waals surface area contributed by atoms with Gasteiger partial charge in [-0.15, -0.1) is 0 Å². The van der Waals surface area contributed by atoms with Crippen LogP contribution in [0.25, 0.3) is 10.9 Å². The van der Waals surface area contributed by atoms with Crippen LogP contribution in [0.15, 0.2) is 24.5 Å². The molecule has 2 rings (SSSR count). The van der Waals surface area contributed by atoms with Crippen molar-refractivity contribution in [1.82, 2.24) is 9.97 Å². The van der Waals surface area contributed by atoms with Gasteiger partial charge >= 0.3 is 5.97 Å². The number of aromatic nitrogens is 2. The molecule has 0 aromatic carbocycles. The minimum atomic E-state index is -0.534. The van der Waals surface area contributed by atoms with E-state index in [9.17, 15) is 9.90 Å². The Labute approximate surface area is 85.4 Å². The van der Waals surface area contributed by atoms with Crippen molar-refractivity contribution in [3.05, 3.63) is 24.5 Å². The van der Waals surface area contributed by atoms with E-state index < -0.39 is 5.97 Å². The Morgan fingerprint density at radius 3 is 3.00 bits per heavy atom. The van der Waals surface area contributed by atoms with Crippen LogP contribution in [0.1, 0.15) is 6.92 Å². The SMILES string of the molecule is CC(=O)Oc1ncc2cccnc2c1O. The first-order chi connectivity index (χ1) is 7.18. The average molecular weight is 204 g/mol. The Balaban J connectivity index is 2.59. The maximum absolute atomic E-state index is 10.7. The second-order valence-corrected chi connectivity index (χ2v) is 2.95. The van der Waals surface area contributed by atoms with E-state index in [1.165, 1.54) is 13.1 Å². The molecule has 15 heavy (non-hydrogen) atoms. The van der Waals surface area contributed by atoms with Gasteiger partial charge in [-0.3, -0.25) is 9.78 Å². The molecule has 2 aromatic heterocycles. The molecular weight excluding hydrogens is 196 g/mol. The fraction of sp³-hybridized carbons (Fsp3) is 0.100. The number of esters is 1. The van der Waals surface area contributed by atoms with E-state index >= 15 is 0 Å². The Morgan fingerprint density at radius 2 is 2.27 bits per heavy atom. The molecule has 0 saturated heterocycles.